The molecular formula is C26H33ClN4O3S. The predicted molar refractivity (Wildman–Crippen MR) is 144 cm³/mol. The maximum atomic E-state index is 13.6. The molecule has 0 aliphatic carbocycles. The predicted octanol–water partition coefficient (Wildman–Crippen LogP) is 4.57. The van der Waals surface area contributed by atoms with E-state index in [1.54, 1.807) is 23.1 Å². The maximum Gasteiger partial charge on any atom is 0.256 e. The first-order valence-electron chi connectivity index (χ1n) is 11.7. The lowest BCUT2D eigenvalue weighted by Crippen LogP contribution is -2.50. The molecular weight excluding hydrogens is 484 g/mol. The van der Waals surface area contributed by atoms with Crippen LogP contribution in [0.1, 0.15) is 29.8 Å². The number of aryl methyl sites for hydroxylation is 1. The summed E-state index contributed by atoms with van der Waals surface area (Å²) in [5.74, 6) is 0.577. The standard InChI is InChI=1S/C26H33ClN4O3S/c1-6-25(28-23-11-9-20(27)17-19(23)4)30-13-15-31(16-14-30)26(32)22-18-21(35(5,33)34)10-12-24(22)29(7-2)8-3/h6,9-12,17-18H,1,7-8,13-16H2,2-5H3. The van der Waals surface area contributed by atoms with Crippen LogP contribution >= 0.6 is 11.6 Å². The van der Waals surface area contributed by atoms with Crippen LogP contribution in [0.25, 0.3) is 0 Å². The van der Waals surface area contributed by atoms with Crippen molar-refractivity contribution in [2.45, 2.75) is 25.7 Å². The minimum Gasteiger partial charge on any atom is -0.371 e. The van der Waals surface area contributed by atoms with Gasteiger partial charge in [-0.1, -0.05) is 18.2 Å². The first kappa shape index (κ1) is 26.8. The quantitative estimate of drug-likeness (QED) is 0.398. The Kier molecular flexibility index (Phi) is 8.61. The van der Waals surface area contributed by atoms with E-state index in [2.05, 4.69) is 16.4 Å². The van der Waals surface area contributed by atoms with Crippen LogP contribution in [0.5, 0.6) is 0 Å². The molecule has 3 rings (SSSR count). The van der Waals surface area contributed by atoms with Crippen LogP contribution in [0.4, 0.5) is 11.4 Å². The molecule has 1 heterocycles. The highest BCUT2D eigenvalue weighted by Crippen LogP contribution is 2.27. The summed E-state index contributed by atoms with van der Waals surface area (Å²) in [5, 5.41) is 0.665. The average molecular weight is 517 g/mol. The number of benzene rings is 2. The van der Waals surface area contributed by atoms with Crippen molar-refractivity contribution in [3.63, 3.8) is 0 Å². The molecule has 9 heteroatoms. The minimum absolute atomic E-state index is 0.148. The van der Waals surface area contributed by atoms with Gasteiger partial charge in [0.2, 0.25) is 0 Å². The number of anilines is 1. The molecule has 1 aliphatic rings. The number of aliphatic imine (C=N–C) groups is 1. The highest BCUT2D eigenvalue weighted by Gasteiger charge is 2.27. The lowest BCUT2D eigenvalue weighted by Gasteiger charge is -2.36. The van der Waals surface area contributed by atoms with Crippen LogP contribution in [0.3, 0.4) is 0 Å². The molecule has 2 aromatic carbocycles. The molecule has 1 amide bonds. The van der Waals surface area contributed by atoms with Crippen molar-refractivity contribution in [1.29, 1.82) is 0 Å². The van der Waals surface area contributed by atoms with Crippen molar-refractivity contribution in [3.05, 3.63) is 65.2 Å². The van der Waals surface area contributed by atoms with E-state index in [4.69, 9.17) is 16.6 Å². The molecule has 0 atom stereocenters. The third-order valence-electron chi connectivity index (χ3n) is 6.20. The van der Waals surface area contributed by atoms with E-state index in [9.17, 15) is 13.2 Å². The summed E-state index contributed by atoms with van der Waals surface area (Å²) in [6, 6.07) is 10.4. The van der Waals surface area contributed by atoms with Gasteiger partial charge >= 0.3 is 0 Å². The Bertz CT molecular complexity index is 1230. The second kappa shape index (κ2) is 11.3. The normalized spacial score (nSPS) is 14.7. The molecule has 188 valence electrons. The molecule has 2 aromatic rings. The van der Waals surface area contributed by atoms with Crippen LogP contribution in [0.15, 0.2) is 58.9 Å². The number of carbonyl (C=O) groups excluding carboxylic acids is 1. The molecule has 1 aliphatic heterocycles. The van der Waals surface area contributed by atoms with E-state index >= 15 is 0 Å². The first-order valence-corrected chi connectivity index (χ1v) is 14.0. The Morgan fingerprint density at radius 3 is 2.26 bits per heavy atom. The van der Waals surface area contributed by atoms with E-state index in [0.717, 1.165) is 29.0 Å². The second-order valence-electron chi connectivity index (χ2n) is 8.51. The Morgan fingerprint density at radius 2 is 1.71 bits per heavy atom. The fourth-order valence-corrected chi connectivity index (χ4v) is 5.05. The highest BCUT2D eigenvalue weighted by molar-refractivity contribution is 7.90. The van der Waals surface area contributed by atoms with E-state index in [1.807, 2.05) is 39.0 Å². The summed E-state index contributed by atoms with van der Waals surface area (Å²) in [5.41, 5.74) is 2.96. The van der Waals surface area contributed by atoms with Crippen molar-refractivity contribution in [1.82, 2.24) is 9.80 Å². The van der Waals surface area contributed by atoms with Gasteiger partial charge < -0.3 is 14.7 Å². The summed E-state index contributed by atoms with van der Waals surface area (Å²) >= 11 is 6.06. The molecule has 35 heavy (non-hydrogen) atoms. The SMILES string of the molecule is C=CC(=Nc1ccc(Cl)cc1C)N1CCN(C(=O)c2cc(S(C)(=O)=O)ccc2N(CC)CC)CC1. The largest absolute Gasteiger partial charge is 0.371 e. The third-order valence-corrected chi connectivity index (χ3v) is 7.54. The number of amides is 1. The van der Waals surface area contributed by atoms with Crippen molar-refractivity contribution in [2.75, 3.05) is 50.4 Å². The number of piperazine rings is 1. The minimum atomic E-state index is -3.44. The summed E-state index contributed by atoms with van der Waals surface area (Å²) in [6.45, 7) is 13.5. The Morgan fingerprint density at radius 1 is 1.09 bits per heavy atom. The number of nitrogens with zero attached hydrogens (tertiary/aromatic N) is 4. The van der Waals surface area contributed by atoms with Gasteiger partial charge in [0.05, 0.1) is 16.1 Å². The van der Waals surface area contributed by atoms with Gasteiger partial charge in [-0.3, -0.25) is 4.79 Å². The smallest absolute Gasteiger partial charge is 0.256 e. The van der Waals surface area contributed by atoms with Gasteiger partial charge in [0, 0.05) is 56.2 Å². The zero-order valence-electron chi connectivity index (χ0n) is 20.8. The summed E-state index contributed by atoms with van der Waals surface area (Å²) in [6.07, 6.45) is 2.88. The van der Waals surface area contributed by atoms with Gasteiger partial charge in [-0.15, -0.1) is 0 Å². The fraction of sp³-hybridized carbons (Fsp3) is 0.385. The van der Waals surface area contributed by atoms with E-state index in [1.165, 1.54) is 6.07 Å². The molecule has 0 N–H and O–H groups in total. The molecule has 0 saturated carbocycles. The van der Waals surface area contributed by atoms with Crippen LogP contribution in [-0.4, -0.2) is 75.5 Å². The molecule has 0 bridgehead atoms. The summed E-state index contributed by atoms with van der Waals surface area (Å²) < 4.78 is 24.3. The van der Waals surface area contributed by atoms with Crippen molar-refractivity contribution < 1.29 is 13.2 Å². The molecule has 0 aromatic heterocycles. The Balaban J connectivity index is 1.83. The van der Waals surface area contributed by atoms with Gasteiger partial charge in [0.1, 0.15) is 5.84 Å². The molecule has 0 unspecified atom stereocenters. The summed E-state index contributed by atoms with van der Waals surface area (Å²) in [4.78, 5) is 24.4. The number of sulfone groups is 1. The molecule has 0 radical (unpaired) electrons. The number of halogens is 1. The van der Waals surface area contributed by atoms with Crippen molar-refractivity contribution in [3.8, 4) is 0 Å². The van der Waals surface area contributed by atoms with Crippen LogP contribution in [0, 0.1) is 6.92 Å². The zero-order valence-corrected chi connectivity index (χ0v) is 22.4. The van der Waals surface area contributed by atoms with Crippen LogP contribution in [-0.2, 0) is 9.84 Å². The number of carbonyl (C=O) groups is 1. The molecule has 0 spiro atoms. The van der Waals surface area contributed by atoms with E-state index in [0.29, 0.717) is 49.9 Å². The van der Waals surface area contributed by atoms with Crippen molar-refractivity contribution in [2.24, 2.45) is 4.99 Å². The number of hydrogen-bond donors (Lipinski definition) is 0. The second-order valence-corrected chi connectivity index (χ2v) is 11.0. The zero-order chi connectivity index (χ0) is 25.8. The van der Waals surface area contributed by atoms with E-state index in [-0.39, 0.29) is 10.8 Å². The third kappa shape index (κ3) is 6.24. The Hall–Kier alpha value is -2.84. The van der Waals surface area contributed by atoms with Gasteiger partial charge in [-0.2, -0.15) is 0 Å². The van der Waals surface area contributed by atoms with E-state index < -0.39 is 9.84 Å². The number of amidine groups is 1. The number of rotatable bonds is 7. The molecule has 1 saturated heterocycles. The lowest BCUT2D eigenvalue weighted by atomic mass is 10.1. The van der Waals surface area contributed by atoms with Gasteiger partial charge in [0.15, 0.2) is 9.84 Å². The lowest BCUT2D eigenvalue weighted by molar-refractivity contribution is 0.0693. The number of hydrogen-bond acceptors (Lipinski definition) is 5. The molecule has 1 fully saturated rings. The average Bonchev–Trinajstić information content (AvgIpc) is 2.83. The van der Waals surface area contributed by atoms with Crippen LogP contribution in [0.2, 0.25) is 5.02 Å². The highest BCUT2D eigenvalue weighted by atomic mass is 35.5. The summed E-state index contributed by atoms with van der Waals surface area (Å²) in [7, 11) is -3.44. The first-order chi connectivity index (χ1) is 16.6. The monoisotopic (exact) mass is 516 g/mol. The maximum absolute atomic E-state index is 13.6. The van der Waals surface area contributed by atoms with Gasteiger partial charge in [0.25, 0.3) is 5.91 Å². The van der Waals surface area contributed by atoms with Gasteiger partial charge in [-0.05, 0) is 68.8 Å². The van der Waals surface area contributed by atoms with Crippen LogP contribution < -0.4 is 4.90 Å². The topological polar surface area (TPSA) is 73.3 Å². The molecule has 7 nitrogen and oxygen atoms in total. The van der Waals surface area contributed by atoms with Gasteiger partial charge in [-0.25, -0.2) is 13.4 Å². The van der Waals surface area contributed by atoms with Crippen molar-refractivity contribution >= 4 is 44.6 Å². The Labute approximate surface area is 213 Å². The fourth-order valence-electron chi connectivity index (χ4n) is 4.18.